The molecule has 0 fully saturated rings. The molecule has 0 bridgehead atoms. The molecule has 0 saturated heterocycles. The van der Waals surface area contributed by atoms with Crippen LogP contribution in [0.1, 0.15) is 39.5 Å². The first-order chi connectivity index (χ1) is 8.08. The summed E-state index contributed by atoms with van der Waals surface area (Å²) in [5.41, 5.74) is 0. The first-order valence-electron chi connectivity index (χ1n) is 6.15. The number of carbonyl (C=O) groups is 2. The second-order valence-electron chi connectivity index (χ2n) is 4.16. The third-order valence-corrected chi connectivity index (χ3v) is 3.13. The second kappa shape index (κ2) is 9.28. The van der Waals surface area contributed by atoms with Crippen molar-refractivity contribution in [3.63, 3.8) is 0 Å². The molecule has 0 aromatic carbocycles. The van der Waals surface area contributed by atoms with Gasteiger partial charge in [-0.15, -0.1) is 11.6 Å². The van der Waals surface area contributed by atoms with Crippen LogP contribution in [0.4, 0.5) is 0 Å². The topological polar surface area (TPSA) is 58.2 Å². The standard InChI is InChI=1S/C12H23ClN2O2/c1-4-6-9(8-13)7-11(16)15-10(5-2)12(17)14-3/h9-10H,4-8H2,1-3H3,(H,14,17)(H,15,16)/t9-,10+/m1/s1. The third kappa shape index (κ3) is 6.51. The molecule has 0 rings (SSSR count). The predicted molar refractivity (Wildman–Crippen MR) is 70.0 cm³/mol. The summed E-state index contributed by atoms with van der Waals surface area (Å²) in [4.78, 5) is 23.1. The third-order valence-electron chi connectivity index (χ3n) is 2.70. The van der Waals surface area contributed by atoms with Crippen LogP contribution in [-0.2, 0) is 9.59 Å². The van der Waals surface area contributed by atoms with Crippen molar-refractivity contribution < 1.29 is 9.59 Å². The van der Waals surface area contributed by atoms with Crippen LogP contribution in [-0.4, -0.2) is 30.8 Å². The molecule has 0 unspecified atom stereocenters. The van der Waals surface area contributed by atoms with Crippen LogP contribution in [0.25, 0.3) is 0 Å². The zero-order chi connectivity index (χ0) is 13.3. The van der Waals surface area contributed by atoms with Gasteiger partial charge in [0.05, 0.1) is 0 Å². The molecule has 5 heteroatoms. The number of hydrogen-bond acceptors (Lipinski definition) is 2. The molecule has 2 atom stereocenters. The van der Waals surface area contributed by atoms with E-state index in [1.54, 1.807) is 7.05 Å². The molecule has 0 aromatic heterocycles. The molecule has 100 valence electrons. The number of nitrogens with one attached hydrogen (secondary N) is 2. The van der Waals surface area contributed by atoms with Crippen molar-refractivity contribution in [1.29, 1.82) is 0 Å². The van der Waals surface area contributed by atoms with E-state index in [1.165, 1.54) is 0 Å². The zero-order valence-corrected chi connectivity index (χ0v) is 11.6. The van der Waals surface area contributed by atoms with Gasteiger partial charge in [0.1, 0.15) is 6.04 Å². The molecule has 0 aliphatic carbocycles. The average Bonchev–Trinajstić information content (AvgIpc) is 2.34. The fourth-order valence-electron chi connectivity index (χ4n) is 1.68. The molecular weight excluding hydrogens is 240 g/mol. The fraction of sp³-hybridized carbons (Fsp3) is 0.833. The highest BCUT2D eigenvalue weighted by Crippen LogP contribution is 2.13. The summed E-state index contributed by atoms with van der Waals surface area (Å²) in [5.74, 6) is 0.431. The minimum absolute atomic E-state index is 0.0976. The van der Waals surface area contributed by atoms with Crippen molar-refractivity contribution in [2.75, 3.05) is 12.9 Å². The maximum absolute atomic E-state index is 11.7. The van der Waals surface area contributed by atoms with E-state index in [1.807, 2.05) is 6.92 Å². The number of halogens is 1. The predicted octanol–water partition coefficient (Wildman–Crippen LogP) is 1.67. The van der Waals surface area contributed by atoms with Crippen LogP contribution < -0.4 is 10.6 Å². The molecular formula is C12H23ClN2O2. The average molecular weight is 263 g/mol. The van der Waals surface area contributed by atoms with Crippen LogP contribution in [0.2, 0.25) is 0 Å². The van der Waals surface area contributed by atoms with Gasteiger partial charge in [-0.3, -0.25) is 9.59 Å². The Hall–Kier alpha value is -0.770. The number of likely N-dealkylation sites (N-methyl/N-ethyl adjacent to an activating group) is 1. The highest BCUT2D eigenvalue weighted by atomic mass is 35.5. The molecule has 0 aliphatic rings. The van der Waals surface area contributed by atoms with Crippen molar-refractivity contribution in [3.8, 4) is 0 Å². The summed E-state index contributed by atoms with van der Waals surface area (Å²) in [7, 11) is 1.57. The zero-order valence-electron chi connectivity index (χ0n) is 10.9. The Labute approximate surface area is 108 Å². The van der Waals surface area contributed by atoms with Crippen molar-refractivity contribution >= 4 is 23.4 Å². The lowest BCUT2D eigenvalue weighted by atomic mass is 10.0. The Kier molecular flexibility index (Phi) is 8.86. The van der Waals surface area contributed by atoms with Gasteiger partial charge in [0, 0.05) is 19.3 Å². The van der Waals surface area contributed by atoms with Gasteiger partial charge < -0.3 is 10.6 Å². The van der Waals surface area contributed by atoms with Crippen molar-refractivity contribution in [1.82, 2.24) is 10.6 Å². The smallest absolute Gasteiger partial charge is 0.242 e. The maximum Gasteiger partial charge on any atom is 0.242 e. The van der Waals surface area contributed by atoms with Gasteiger partial charge in [0.25, 0.3) is 0 Å². The number of alkyl halides is 1. The van der Waals surface area contributed by atoms with E-state index in [-0.39, 0.29) is 17.7 Å². The molecule has 0 saturated carbocycles. The van der Waals surface area contributed by atoms with Crippen LogP contribution >= 0.6 is 11.6 Å². The highest BCUT2D eigenvalue weighted by molar-refractivity contribution is 6.18. The van der Waals surface area contributed by atoms with Crippen LogP contribution in [0.3, 0.4) is 0 Å². The Bertz CT molecular complexity index is 247. The van der Waals surface area contributed by atoms with Crippen molar-refractivity contribution in [2.45, 2.75) is 45.6 Å². The number of rotatable bonds is 8. The van der Waals surface area contributed by atoms with E-state index in [2.05, 4.69) is 17.6 Å². The Morgan fingerprint density at radius 3 is 2.35 bits per heavy atom. The lowest BCUT2D eigenvalue weighted by Crippen LogP contribution is -2.45. The fourth-order valence-corrected chi connectivity index (χ4v) is 1.95. The van der Waals surface area contributed by atoms with Crippen LogP contribution in [0, 0.1) is 5.92 Å². The Morgan fingerprint density at radius 1 is 1.29 bits per heavy atom. The second-order valence-corrected chi connectivity index (χ2v) is 4.46. The Morgan fingerprint density at radius 2 is 1.94 bits per heavy atom. The number of hydrogen-bond donors (Lipinski definition) is 2. The van der Waals surface area contributed by atoms with Gasteiger partial charge in [0.2, 0.25) is 11.8 Å². The normalized spacial score (nSPS) is 13.9. The quantitative estimate of drug-likeness (QED) is 0.654. The summed E-state index contributed by atoms with van der Waals surface area (Å²) < 4.78 is 0. The summed E-state index contributed by atoms with van der Waals surface area (Å²) in [6, 6.07) is -0.440. The van der Waals surface area contributed by atoms with Gasteiger partial charge in [-0.25, -0.2) is 0 Å². The van der Waals surface area contributed by atoms with Crippen LogP contribution in [0.15, 0.2) is 0 Å². The van der Waals surface area contributed by atoms with Crippen molar-refractivity contribution in [3.05, 3.63) is 0 Å². The van der Waals surface area contributed by atoms with Crippen LogP contribution in [0.5, 0.6) is 0 Å². The first kappa shape index (κ1) is 16.2. The van der Waals surface area contributed by atoms with Gasteiger partial charge >= 0.3 is 0 Å². The molecule has 0 radical (unpaired) electrons. The summed E-state index contributed by atoms with van der Waals surface area (Å²) in [5, 5.41) is 5.27. The molecule has 0 aliphatic heterocycles. The Balaban J connectivity index is 4.17. The number of carbonyl (C=O) groups excluding carboxylic acids is 2. The number of amides is 2. The molecule has 0 heterocycles. The molecule has 2 N–H and O–H groups in total. The first-order valence-corrected chi connectivity index (χ1v) is 6.69. The van der Waals surface area contributed by atoms with E-state index in [4.69, 9.17) is 11.6 Å². The summed E-state index contributed by atoms with van der Waals surface area (Å²) >= 11 is 5.79. The van der Waals surface area contributed by atoms with Gasteiger partial charge in [0.15, 0.2) is 0 Å². The van der Waals surface area contributed by atoms with Gasteiger partial charge in [-0.05, 0) is 18.8 Å². The lowest BCUT2D eigenvalue weighted by Gasteiger charge is -2.17. The molecule has 2 amide bonds. The lowest BCUT2D eigenvalue weighted by molar-refractivity contribution is -0.129. The SMILES string of the molecule is CCC[C@@H](CCl)CC(=O)N[C@@H](CC)C(=O)NC. The summed E-state index contributed by atoms with van der Waals surface area (Å²) in [6.45, 7) is 3.93. The van der Waals surface area contributed by atoms with E-state index >= 15 is 0 Å². The summed E-state index contributed by atoms with van der Waals surface area (Å²) in [6.07, 6.45) is 2.93. The molecule has 0 aromatic rings. The van der Waals surface area contributed by atoms with E-state index in [0.717, 1.165) is 12.8 Å². The monoisotopic (exact) mass is 262 g/mol. The minimum atomic E-state index is -0.440. The van der Waals surface area contributed by atoms with E-state index in [9.17, 15) is 9.59 Å². The van der Waals surface area contributed by atoms with E-state index < -0.39 is 6.04 Å². The van der Waals surface area contributed by atoms with E-state index in [0.29, 0.717) is 18.7 Å². The minimum Gasteiger partial charge on any atom is -0.357 e. The maximum atomic E-state index is 11.7. The van der Waals surface area contributed by atoms with Crippen molar-refractivity contribution in [2.24, 2.45) is 5.92 Å². The highest BCUT2D eigenvalue weighted by Gasteiger charge is 2.19. The van der Waals surface area contributed by atoms with Gasteiger partial charge in [-0.2, -0.15) is 0 Å². The largest absolute Gasteiger partial charge is 0.357 e. The molecule has 4 nitrogen and oxygen atoms in total. The molecule has 0 spiro atoms. The van der Waals surface area contributed by atoms with Gasteiger partial charge in [-0.1, -0.05) is 20.3 Å². The molecule has 17 heavy (non-hydrogen) atoms.